The Balaban J connectivity index is 2.73. The molecule has 100 valence electrons. The van der Waals surface area contributed by atoms with Crippen LogP contribution >= 0.6 is 0 Å². The van der Waals surface area contributed by atoms with Gasteiger partial charge in [-0.1, -0.05) is 12.8 Å². The minimum absolute atomic E-state index is 0.0456. The molecule has 4 nitrogen and oxygen atoms in total. The summed E-state index contributed by atoms with van der Waals surface area (Å²) in [6.07, 6.45) is 8.60. The van der Waals surface area contributed by atoms with Crippen LogP contribution in [0, 0.1) is 12.3 Å². The quantitative estimate of drug-likeness (QED) is 0.571. The van der Waals surface area contributed by atoms with E-state index in [9.17, 15) is 9.59 Å². The standard InChI is InChI=1S/C14H21NO3/c1-5-12(16)10-15(11-8-6-7-9-11)13(17)18-14(2,3)4/h1,11H,6-10H2,2-4H3. The Labute approximate surface area is 109 Å². The maximum atomic E-state index is 12.1. The van der Waals surface area contributed by atoms with Crippen molar-refractivity contribution in [2.45, 2.75) is 58.1 Å². The Morgan fingerprint density at radius 2 is 1.89 bits per heavy atom. The fourth-order valence-corrected chi connectivity index (χ4v) is 2.08. The Hall–Kier alpha value is -1.50. The molecule has 1 rings (SSSR count). The molecule has 0 saturated heterocycles. The molecule has 0 aliphatic heterocycles. The molecule has 0 radical (unpaired) electrons. The molecule has 0 aromatic heterocycles. The molecular weight excluding hydrogens is 230 g/mol. The molecule has 1 amide bonds. The van der Waals surface area contributed by atoms with Crippen molar-refractivity contribution in [3.63, 3.8) is 0 Å². The van der Waals surface area contributed by atoms with Crippen LogP contribution in [0.1, 0.15) is 46.5 Å². The van der Waals surface area contributed by atoms with Crippen LogP contribution in [-0.2, 0) is 9.53 Å². The van der Waals surface area contributed by atoms with Gasteiger partial charge in [0.25, 0.3) is 0 Å². The van der Waals surface area contributed by atoms with Crippen LogP contribution in [0.25, 0.3) is 0 Å². The fraction of sp³-hybridized carbons (Fsp3) is 0.714. The van der Waals surface area contributed by atoms with Gasteiger partial charge in [-0.05, 0) is 39.5 Å². The lowest BCUT2D eigenvalue weighted by Crippen LogP contribution is -2.44. The largest absolute Gasteiger partial charge is 0.444 e. The van der Waals surface area contributed by atoms with Crippen molar-refractivity contribution >= 4 is 11.9 Å². The number of carbonyl (C=O) groups is 2. The Morgan fingerprint density at radius 3 is 2.33 bits per heavy atom. The number of nitrogens with zero attached hydrogens (tertiary/aromatic N) is 1. The molecule has 1 aliphatic carbocycles. The number of ketones is 1. The zero-order valence-electron chi connectivity index (χ0n) is 11.4. The topological polar surface area (TPSA) is 46.6 Å². The van der Waals surface area contributed by atoms with Gasteiger partial charge in [-0.3, -0.25) is 9.69 Å². The van der Waals surface area contributed by atoms with Crippen LogP contribution in [0.2, 0.25) is 0 Å². The van der Waals surface area contributed by atoms with Gasteiger partial charge >= 0.3 is 6.09 Å². The van der Waals surface area contributed by atoms with Gasteiger partial charge < -0.3 is 4.74 Å². The van der Waals surface area contributed by atoms with E-state index in [1.807, 2.05) is 5.92 Å². The number of terminal acetylenes is 1. The maximum absolute atomic E-state index is 12.1. The van der Waals surface area contributed by atoms with Crippen molar-refractivity contribution < 1.29 is 14.3 Å². The van der Waals surface area contributed by atoms with E-state index in [1.165, 1.54) is 4.90 Å². The highest BCUT2D eigenvalue weighted by Crippen LogP contribution is 2.25. The van der Waals surface area contributed by atoms with E-state index in [4.69, 9.17) is 11.2 Å². The second-order valence-electron chi connectivity index (χ2n) is 5.61. The average molecular weight is 251 g/mol. The van der Waals surface area contributed by atoms with E-state index in [-0.39, 0.29) is 18.4 Å². The van der Waals surface area contributed by atoms with Crippen molar-refractivity contribution in [1.82, 2.24) is 4.90 Å². The van der Waals surface area contributed by atoms with E-state index >= 15 is 0 Å². The Kier molecular flexibility index (Phi) is 4.77. The number of carbonyl (C=O) groups excluding carboxylic acids is 2. The molecule has 0 atom stereocenters. The minimum atomic E-state index is -0.562. The lowest BCUT2D eigenvalue weighted by molar-refractivity contribution is -0.115. The molecular formula is C14H21NO3. The number of hydrogen-bond acceptors (Lipinski definition) is 3. The zero-order chi connectivity index (χ0) is 13.8. The van der Waals surface area contributed by atoms with Crippen molar-refractivity contribution in [2.24, 2.45) is 0 Å². The first kappa shape index (κ1) is 14.6. The van der Waals surface area contributed by atoms with Gasteiger partial charge in [-0.15, -0.1) is 6.42 Å². The first-order valence-electron chi connectivity index (χ1n) is 6.32. The number of Topliss-reactive ketones (excluding diaryl/α,β-unsaturated/α-hetero) is 1. The molecule has 4 heteroatoms. The second kappa shape index (κ2) is 5.90. The number of amides is 1. The summed E-state index contributed by atoms with van der Waals surface area (Å²) in [6.45, 7) is 5.37. The van der Waals surface area contributed by atoms with Gasteiger partial charge in [0, 0.05) is 6.04 Å². The van der Waals surface area contributed by atoms with Gasteiger partial charge in [0.05, 0.1) is 6.54 Å². The molecule has 0 bridgehead atoms. The van der Waals surface area contributed by atoms with E-state index in [2.05, 4.69) is 0 Å². The summed E-state index contributed by atoms with van der Waals surface area (Å²) in [5.74, 6) is 1.67. The van der Waals surface area contributed by atoms with Crippen LogP contribution in [-0.4, -0.2) is 35.0 Å². The average Bonchev–Trinajstić information content (AvgIpc) is 2.75. The summed E-state index contributed by atoms with van der Waals surface area (Å²) < 4.78 is 5.32. The van der Waals surface area contributed by atoms with Gasteiger partial charge in [0.15, 0.2) is 0 Å². The third-order valence-electron chi connectivity index (χ3n) is 2.87. The lowest BCUT2D eigenvalue weighted by Gasteiger charge is -2.30. The molecule has 0 heterocycles. The molecule has 1 fully saturated rings. The third-order valence-corrected chi connectivity index (χ3v) is 2.87. The monoisotopic (exact) mass is 251 g/mol. The molecule has 1 aliphatic rings. The fourth-order valence-electron chi connectivity index (χ4n) is 2.08. The summed E-state index contributed by atoms with van der Waals surface area (Å²) in [6, 6.07) is 0.0807. The van der Waals surface area contributed by atoms with Crippen molar-refractivity contribution in [3.8, 4) is 12.3 Å². The van der Waals surface area contributed by atoms with Gasteiger partial charge in [-0.2, -0.15) is 0 Å². The van der Waals surface area contributed by atoms with Crippen molar-refractivity contribution in [3.05, 3.63) is 0 Å². The zero-order valence-corrected chi connectivity index (χ0v) is 11.4. The van der Waals surface area contributed by atoms with Crippen LogP contribution in [0.15, 0.2) is 0 Å². The number of ether oxygens (including phenoxy) is 1. The first-order chi connectivity index (χ1) is 8.33. The summed E-state index contributed by atoms with van der Waals surface area (Å²) in [4.78, 5) is 24.9. The van der Waals surface area contributed by atoms with Crippen LogP contribution in [0.3, 0.4) is 0 Å². The van der Waals surface area contributed by atoms with Crippen LogP contribution in [0.5, 0.6) is 0 Å². The Morgan fingerprint density at radius 1 is 1.33 bits per heavy atom. The minimum Gasteiger partial charge on any atom is -0.444 e. The molecule has 0 N–H and O–H groups in total. The molecule has 0 spiro atoms. The lowest BCUT2D eigenvalue weighted by atomic mass is 10.2. The van der Waals surface area contributed by atoms with Gasteiger partial charge in [0.2, 0.25) is 5.78 Å². The predicted octanol–water partition coefficient (Wildman–Crippen LogP) is 2.37. The Bertz CT molecular complexity index is 356. The number of rotatable bonds is 3. The first-order valence-corrected chi connectivity index (χ1v) is 6.32. The molecule has 0 aromatic rings. The van der Waals surface area contributed by atoms with Gasteiger partial charge in [0.1, 0.15) is 5.60 Å². The predicted molar refractivity (Wildman–Crippen MR) is 69.0 cm³/mol. The highest BCUT2D eigenvalue weighted by Gasteiger charge is 2.31. The SMILES string of the molecule is C#CC(=O)CN(C(=O)OC(C)(C)C)C1CCCC1. The van der Waals surface area contributed by atoms with E-state index in [0.29, 0.717) is 0 Å². The van der Waals surface area contributed by atoms with Crippen LogP contribution in [0.4, 0.5) is 4.79 Å². The molecule has 1 saturated carbocycles. The highest BCUT2D eigenvalue weighted by molar-refractivity contribution is 5.97. The molecule has 0 aromatic carbocycles. The van der Waals surface area contributed by atoms with Crippen molar-refractivity contribution in [2.75, 3.05) is 6.54 Å². The van der Waals surface area contributed by atoms with Gasteiger partial charge in [-0.25, -0.2) is 4.79 Å². The van der Waals surface area contributed by atoms with E-state index in [1.54, 1.807) is 20.8 Å². The summed E-state index contributed by atoms with van der Waals surface area (Å²) in [5.41, 5.74) is -0.562. The summed E-state index contributed by atoms with van der Waals surface area (Å²) >= 11 is 0. The maximum Gasteiger partial charge on any atom is 0.410 e. The van der Waals surface area contributed by atoms with E-state index < -0.39 is 11.7 Å². The second-order valence-corrected chi connectivity index (χ2v) is 5.61. The normalized spacial score (nSPS) is 16.1. The third kappa shape index (κ3) is 4.40. The van der Waals surface area contributed by atoms with Crippen LogP contribution < -0.4 is 0 Å². The van der Waals surface area contributed by atoms with E-state index in [0.717, 1.165) is 25.7 Å². The van der Waals surface area contributed by atoms with Crippen molar-refractivity contribution in [1.29, 1.82) is 0 Å². The highest BCUT2D eigenvalue weighted by atomic mass is 16.6. The summed E-state index contributed by atoms with van der Waals surface area (Å²) in [7, 11) is 0. The molecule has 18 heavy (non-hydrogen) atoms. The summed E-state index contributed by atoms with van der Waals surface area (Å²) in [5, 5.41) is 0. The number of hydrogen-bond donors (Lipinski definition) is 0. The smallest absolute Gasteiger partial charge is 0.410 e. The molecule has 0 unspecified atom stereocenters.